The van der Waals surface area contributed by atoms with Crippen LogP contribution in [-0.2, 0) is 13.1 Å². The number of benzene rings is 1. The molecule has 2 rings (SSSR count). The highest BCUT2D eigenvalue weighted by atomic mass is 15.2. The molecule has 1 aromatic carbocycles. The van der Waals surface area contributed by atoms with Crippen LogP contribution in [0.2, 0.25) is 0 Å². The number of hydrogen-bond donors (Lipinski definition) is 1. The third-order valence-electron chi connectivity index (χ3n) is 4.55. The lowest BCUT2D eigenvalue weighted by molar-refractivity contribution is 0.139. The van der Waals surface area contributed by atoms with Crippen molar-refractivity contribution in [1.29, 1.82) is 0 Å². The van der Waals surface area contributed by atoms with Gasteiger partial charge in [0.2, 0.25) is 0 Å². The number of likely N-dealkylation sites (tertiary alicyclic amines) is 1. The summed E-state index contributed by atoms with van der Waals surface area (Å²) in [5.41, 5.74) is 2.90. The maximum Gasteiger partial charge on any atom is 0.0236 e. The summed E-state index contributed by atoms with van der Waals surface area (Å²) in [7, 11) is 4.51. The Balaban J connectivity index is 1.95. The SMILES string of the molecule is CC(C)NCc1ccccc1CN(C)C1CCN(C)CC1. The lowest BCUT2D eigenvalue weighted by atomic mass is 10.0. The number of piperidine rings is 1. The average molecular weight is 289 g/mol. The molecule has 0 unspecified atom stereocenters. The fourth-order valence-electron chi connectivity index (χ4n) is 3.03. The quantitative estimate of drug-likeness (QED) is 0.869. The van der Waals surface area contributed by atoms with E-state index in [0.717, 1.165) is 19.1 Å². The maximum absolute atomic E-state index is 3.54. The monoisotopic (exact) mass is 289 g/mol. The second-order valence-corrected chi connectivity index (χ2v) is 6.75. The number of nitrogens with one attached hydrogen (secondary N) is 1. The summed E-state index contributed by atoms with van der Waals surface area (Å²) in [6, 6.07) is 10.1. The topological polar surface area (TPSA) is 18.5 Å². The molecule has 1 aliphatic heterocycles. The summed E-state index contributed by atoms with van der Waals surface area (Å²) in [4.78, 5) is 4.98. The van der Waals surface area contributed by atoms with Gasteiger partial charge in [-0.1, -0.05) is 38.1 Å². The third kappa shape index (κ3) is 5.10. The zero-order valence-corrected chi connectivity index (χ0v) is 14.1. The molecular formula is C18H31N3. The summed E-state index contributed by atoms with van der Waals surface area (Å²) in [5, 5.41) is 3.54. The lowest BCUT2D eigenvalue weighted by Crippen LogP contribution is -2.41. The van der Waals surface area contributed by atoms with E-state index in [1.54, 1.807) is 0 Å². The largest absolute Gasteiger partial charge is 0.310 e. The van der Waals surface area contributed by atoms with E-state index in [1.807, 2.05) is 0 Å². The first-order chi connectivity index (χ1) is 10.1. The van der Waals surface area contributed by atoms with Gasteiger partial charge in [0.15, 0.2) is 0 Å². The van der Waals surface area contributed by atoms with Crippen LogP contribution in [-0.4, -0.2) is 49.1 Å². The van der Waals surface area contributed by atoms with Gasteiger partial charge in [0.1, 0.15) is 0 Å². The molecule has 0 aromatic heterocycles. The molecule has 1 aromatic rings. The second-order valence-electron chi connectivity index (χ2n) is 6.75. The van der Waals surface area contributed by atoms with Crippen LogP contribution in [0.5, 0.6) is 0 Å². The minimum Gasteiger partial charge on any atom is -0.310 e. The van der Waals surface area contributed by atoms with Gasteiger partial charge >= 0.3 is 0 Å². The van der Waals surface area contributed by atoms with Gasteiger partial charge in [-0.15, -0.1) is 0 Å². The Morgan fingerprint density at radius 3 is 2.43 bits per heavy atom. The third-order valence-corrected chi connectivity index (χ3v) is 4.55. The van der Waals surface area contributed by atoms with Gasteiger partial charge in [-0.25, -0.2) is 0 Å². The summed E-state index contributed by atoms with van der Waals surface area (Å²) >= 11 is 0. The van der Waals surface area contributed by atoms with E-state index < -0.39 is 0 Å². The van der Waals surface area contributed by atoms with Crippen molar-refractivity contribution in [3.05, 3.63) is 35.4 Å². The van der Waals surface area contributed by atoms with E-state index >= 15 is 0 Å². The molecule has 118 valence electrons. The number of nitrogens with zero attached hydrogens (tertiary/aromatic N) is 2. The van der Waals surface area contributed by atoms with Crippen LogP contribution in [0.1, 0.15) is 37.8 Å². The van der Waals surface area contributed by atoms with Gasteiger partial charge in [0.25, 0.3) is 0 Å². The summed E-state index contributed by atoms with van der Waals surface area (Å²) in [6.45, 7) is 8.89. The average Bonchev–Trinajstić information content (AvgIpc) is 2.47. The summed E-state index contributed by atoms with van der Waals surface area (Å²) in [6.07, 6.45) is 2.58. The Morgan fingerprint density at radius 1 is 1.19 bits per heavy atom. The molecule has 0 saturated carbocycles. The van der Waals surface area contributed by atoms with Crippen LogP contribution in [0.4, 0.5) is 0 Å². The van der Waals surface area contributed by atoms with Gasteiger partial charge in [0, 0.05) is 25.2 Å². The highest BCUT2D eigenvalue weighted by molar-refractivity contribution is 5.27. The molecule has 1 fully saturated rings. The van der Waals surface area contributed by atoms with E-state index in [2.05, 4.69) is 67.3 Å². The molecule has 0 atom stereocenters. The standard InChI is InChI=1S/C18H31N3/c1-15(2)19-13-16-7-5-6-8-17(16)14-21(4)18-9-11-20(3)12-10-18/h5-8,15,18-19H,9-14H2,1-4H3. The Bertz CT molecular complexity index is 422. The molecular weight excluding hydrogens is 258 g/mol. The normalized spacial score (nSPS) is 17.8. The number of hydrogen-bond acceptors (Lipinski definition) is 3. The van der Waals surface area contributed by atoms with Gasteiger partial charge < -0.3 is 10.2 Å². The Labute approximate surface area is 130 Å². The van der Waals surface area contributed by atoms with Gasteiger partial charge in [-0.3, -0.25) is 4.90 Å². The van der Waals surface area contributed by atoms with E-state index in [9.17, 15) is 0 Å². The number of rotatable bonds is 6. The first-order valence-corrected chi connectivity index (χ1v) is 8.25. The van der Waals surface area contributed by atoms with E-state index in [4.69, 9.17) is 0 Å². The zero-order chi connectivity index (χ0) is 15.2. The molecule has 1 N–H and O–H groups in total. The van der Waals surface area contributed by atoms with Crippen molar-refractivity contribution in [3.8, 4) is 0 Å². The van der Waals surface area contributed by atoms with Crippen molar-refractivity contribution in [3.63, 3.8) is 0 Å². The summed E-state index contributed by atoms with van der Waals surface area (Å²) in [5.74, 6) is 0. The smallest absolute Gasteiger partial charge is 0.0236 e. The lowest BCUT2D eigenvalue weighted by Gasteiger charge is -2.35. The predicted molar refractivity (Wildman–Crippen MR) is 90.4 cm³/mol. The first-order valence-electron chi connectivity index (χ1n) is 8.25. The van der Waals surface area contributed by atoms with Crippen LogP contribution in [0.15, 0.2) is 24.3 Å². The van der Waals surface area contributed by atoms with Crippen LogP contribution >= 0.6 is 0 Å². The second kappa shape index (κ2) is 7.92. The fraction of sp³-hybridized carbons (Fsp3) is 0.667. The minimum atomic E-state index is 0.532. The van der Waals surface area contributed by atoms with Crippen LogP contribution in [0, 0.1) is 0 Å². The van der Waals surface area contributed by atoms with Crippen LogP contribution in [0.25, 0.3) is 0 Å². The van der Waals surface area contributed by atoms with Crippen molar-refractivity contribution in [2.45, 2.75) is 51.9 Å². The van der Waals surface area contributed by atoms with Crippen molar-refractivity contribution in [2.24, 2.45) is 0 Å². The molecule has 21 heavy (non-hydrogen) atoms. The highest BCUT2D eigenvalue weighted by Crippen LogP contribution is 2.18. The molecule has 3 heteroatoms. The fourth-order valence-corrected chi connectivity index (χ4v) is 3.03. The highest BCUT2D eigenvalue weighted by Gasteiger charge is 2.20. The Hall–Kier alpha value is -0.900. The van der Waals surface area contributed by atoms with Crippen molar-refractivity contribution < 1.29 is 0 Å². The van der Waals surface area contributed by atoms with Gasteiger partial charge in [0.05, 0.1) is 0 Å². The molecule has 1 heterocycles. The first kappa shape index (κ1) is 16.5. The summed E-state index contributed by atoms with van der Waals surface area (Å²) < 4.78 is 0. The molecule has 0 bridgehead atoms. The predicted octanol–water partition coefficient (Wildman–Crippen LogP) is 2.71. The van der Waals surface area contributed by atoms with Crippen molar-refractivity contribution in [1.82, 2.24) is 15.1 Å². The van der Waals surface area contributed by atoms with Gasteiger partial charge in [-0.05, 0) is 51.2 Å². The van der Waals surface area contributed by atoms with Crippen molar-refractivity contribution in [2.75, 3.05) is 27.2 Å². The van der Waals surface area contributed by atoms with E-state index in [0.29, 0.717) is 6.04 Å². The zero-order valence-electron chi connectivity index (χ0n) is 14.1. The van der Waals surface area contributed by atoms with E-state index in [1.165, 1.54) is 37.1 Å². The molecule has 3 nitrogen and oxygen atoms in total. The molecule has 0 radical (unpaired) electrons. The van der Waals surface area contributed by atoms with Crippen molar-refractivity contribution >= 4 is 0 Å². The molecule has 0 aliphatic carbocycles. The molecule has 1 aliphatic rings. The molecule has 1 saturated heterocycles. The van der Waals surface area contributed by atoms with Gasteiger partial charge in [-0.2, -0.15) is 0 Å². The molecule has 0 spiro atoms. The van der Waals surface area contributed by atoms with E-state index in [-0.39, 0.29) is 0 Å². The Morgan fingerprint density at radius 2 is 1.81 bits per heavy atom. The van der Waals surface area contributed by atoms with Crippen LogP contribution < -0.4 is 5.32 Å². The Kier molecular flexibility index (Phi) is 6.22. The maximum atomic E-state index is 3.54. The van der Waals surface area contributed by atoms with Crippen LogP contribution in [0.3, 0.4) is 0 Å². The molecule has 0 amide bonds. The minimum absolute atomic E-state index is 0.532.